The van der Waals surface area contributed by atoms with Gasteiger partial charge in [-0.1, -0.05) is 19.4 Å². The molecule has 2 rings (SSSR count). The molecule has 1 N–H and O–H groups in total. The van der Waals surface area contributed by atoms with E-state index in [9.17, 15) is 4.79 Å². The van der Waals surface area contributed by atoms with Gasteiger partial charge in [0.1, 0.15) is 0 Å². The van der Waals surface area contributed by atoms with Crippen LogP contribution in [0, 0.1) is 12.3 Å². The summed E-state index contributed by atoms with van der Waals surface area (Å²) in [6.07, 6.45) is 4.94. The van der Waals surface area contributed by atoms with Crippen LogP contribution < -0.4 is 5.32 Å². The van der Waals surface area contributed by atoms with Gasteiger partial charge in [0, 0.05) is 11.0 Å². The first-order chi connectivity index (χ1) is 8.56. The van der Waals surface area contributed by atoms with Crippen molar-refractivity contribution < 1.29 is 4.79 Å². The van der Waals surface area contributed by atoms with E-state index in [0.717, 1.165) is 22.1 Å². The van der Waals surface area contributed by atoms with E-state index in [1.807, 2.05) is 25.1 Å². The molecule has 1 saturated carbocycles. The number of nitrogens with one attached hydrogen (secondary N) is 1. The number of carbonyl (C=O) groups excluding carboxylic acids is 1. The van der Waals surface area contributed by atoms with Crippen LogP contribution in [0.1, 0.15) is 48.5 Å². The highest BCUT2D eigenvalue weighted by atomic mass is 79.9. The van der Waals surface area contributed by atoms with Crippen LogP contribution in [0.15, 0.2) is 22.7 Å². The second-order valence-electron chi connectivity index (χ2n) is 5.42. The second kappa shape index (κ2) is 5.43. The van der Waals surface area contributed by atoms with Gasteiger partial charge >= 0.3 is 0 Å². The summed E-state index contributed by atoms with van der Waals surface area (Å²) in [7, 11) is 0. The first-order valence-corrected chi connectivity index (χ1v) is 7.40. The first-order valence-electron chi connectivity index (χ1n) is 6.61. The standard InChI is InChI=1S/C15H20BrNO/c1-3-6-15(7-8-15)10-17-14(18)12-5-4-11(2)9-13(12)16/h4-5,9H,3,6-8,10H2,1-2H3,(H,17,18). The quantitative estimate of drug-likeness (QED) is 0.873. The largest absolute Gasteiger partial charge is 0.351 e. The fourth-order valence-electron chi connectivity index (χ4n) is 2.39. The SMILES string of the molecule is CCCC1(CNC(=O)c2ccc(C)cc2Br)CC1. The summed E-state index contributed by atoms with van der Waals surface area (Å²) in [6.45, 7) is 5.05. The summed E-state index contributed by atoms with van der Waals surface area (Å²) in [4.78, 5) is 12.1. The summed E-state index contributed by atoms with van der Waals surface area (Å²) in [6, 6.07) is 5.83. The third-order valence-electron chi connectivity index (χ3n) is 3.73. The maximum atomic E-state index is 12.1. The molecule has 0 aromatic heterocycles. The Hall–Kier alpha value is -0.830. The van der Waals surface area contributed by atoms with Crippen molar-refractivity contribution in [2.24, 2.45) is 5.41 Å². The lowest BCUT2D eigenvalue weighted by molar-refractivity contribution is 0.0943. The monoisotopic (exact) mass is 309 g/mol. The molecular formula is C15H20BrNO. The Morgan fingerprint density at radius 3 is 2.72 bits per heavy atom. The lowest BCUT2D eigenvalue weighted by Gasteiger charge is -2.15. The molecule has 1 aromatic rings. The average Bonchev–Trinajstić information content (AvgIpc) is 3.07. The van der Waals surface area contributed by atoms with Gasteiger partial charge in [0.2, 0.25) is 0 Å². The normalized spacial score (nSPS) is 16.4. The maximum absolute atomic E-state index is 12.1. The maximum Gasteiger partial charge on any atom is 0.252 e. The van der Waals surface area contributed by atoms with E-state index in [-0.39, 0.29) is 5.91 Å². The second-order valence-corrected chi connectivity index (χ2v) is 6.27. The average molecular weight is 310 g/mol. The Bertz CT molecular complexity index is 452. The molecule has 0 spiro atoms. The van der Waals surface area contributed by atoms with Crippen molar-refractivity contribution >= 4 is 21.8 Å². The molecule has 0 aliphatic heterocycles. The molecule has 0 radical (unpaired) electrons. The first kappa shape index (κ1) is 13.6. The number of halogens is 1. The molecule has 0 bridgehead atoms. The third-order valence-corrected chi connectivity index (χ3v) is 4.39. The van der Waals surface area contributed by atoms with E-state index < -0.39 is 0 Å². The van der Waals surface area contributed by atoms with E-state index in [4.69, 9.17) is 0 Å². The van der Waals surface area contributed by atoms with Crippen molar-refractivity contribution in [2.45, 2.75) is 39.5 Å². The van der Waals surface area contributed by atoms with Crippen LogP contribution in [0.4, 0.5) is 0 Å². The molecule has 1 aliphatic rings. The van der Waals surface area contributed by atoms with Crippen LogP contribution >= 0.6 is 15.9 Å². The zero-order valence-corrected chi connectivity index (χ0v) is 12.6. The van der Waals surface area contributed by atoms with Crippen molar-refractivity contribution in [3.8, 4) is 0 Å². The van der Waals surface area contributed by atoms with E-state index in [2.05, 4.69) is 28.2 Å². The molecule has 0 saturated heterocycles. The van der Waals surface area contributed by atoms with Gasteiger partial charge in [-0.05, 0) is 65.2 Å². The summed E-state index contributed by atoms with van der Waals surface area (Å²) in [5.41, 5.74) is 2.29. The minimum absolute atomic E-state index is 0.0317. The molecular weight excluding hydrogens is 290 g/mol. The Balaban J connectivity index is 1.96. The predicted molar refractivity (Wildman–Crippen MR) is 77.8 cm³/mol. The van der Waals surface area contributed by atoms with Crippen LogP contribution in [0.25, 0.3) is 0 Å². The van der Waals surface area contributed by atoms with Crippen molar-refractivity contribution in [3.05, 3.63) is 33.8 Å². The molecule has 0 atom stereocenters. The van der Waals surface area contributed by atoms with Crippen molar-refractivity contribution in [1.82, 2.24) is 5.32 Å². The van der Waals surface area contributed by atoms with Crippen molar-refractivity contribution in [1.29, 1.82) is 0 Å². The minimum Gasteiger partial charge on any atom is -0.351 e. The molecule has 1 fully saturated rings. The number of aryl methyl sites for hydroxylation is 1. The highest BCUT2D eigenvalue weighted by molar-refractivity contribution is 9.10. The minimum atomic E-state index is 0.0317. The van der Waals surface area contributed by atoms with E-state index in [1.54, 1.807) is 0 Å². The molecule has 1 aromatic carbocycles. The Kier molecular flexibility index (Phi) is 4.10. The van der Waals surface area contributed by atoms with Gasteiger partial charge in [0.15, 0.2) is 0 Å². The highest BCUT2D eigenvalue weighted by Crippen LogP contribution is 2.48. The Labute approximate surface area is 117 Å². The fraction of sp³-hybridized carbons (Fsp3) is 0.533. The molecule has 1 amide bonds. The van der Waals surface area contributed by atoms with Gasteiger partial charge in [-0.2, -0.15) is 0 Å². The lowest BCUT2D eigenvalue weighted by Crippen LogP contribution is -2.30. The van der Waals surface area contributed by atoms with Crippen LogP contribution in [0.5, 0.6) is 0 Å². The van der Waals surface area contributed by atoms with Gasteiger partial charge in [0.25, 0.3) is 5.91 Å². The van der Waals surface area contributed by atoms with Gasteiger partial charge < -0.3 is 5.32 Å². The Morgan fingerprint density at radius 1 is 1.44 bits per heavy atom. The molecule has 98 valence electrons. The molecule has 18 heavy (non-hydrogen) atoms. The van der Waals surface area contributed by atoms with Crippen molar-refractivity contribution in [2.75, 3.05) is 6.54 Å². The number of amides is 1. The number of hydrogen-bond donors (Lipinski definition) is 1. The van der Waals surface area contributed by atoms with E-state index >= 15 is 0 Å². The van der Waals surface area contributed by atoms with E-state index in [0.29, 0.717) is 5.41 Å². The number of hydrogen-bond acceptors (Lipinski definition) is 1. The predicted octanol–water partition coefficient (Wildman–Crippen LogP) is 4.07. The van der Waals surface area contributed by atoms with Gasteiger partial charge in [-0.3, -0.25) is 4.79 Å². The summed E-state index contributed by atoms with van der Waals surface area (Å²) < 4.78 is 0.875. The zero-order chi connectivity index (χ0) is 13.2. The zero-order valence-electron chi connectivity index (χ0n) is 11.1. The smallest absolute Gasteiger partial charge is 0.252 e. The summed E-state index contributed by atoms with van der Waals surface area (Å²) in [5, 5.41) is 3.08. The molecule has 3 heteroatoms. The number of carbonyl (C=O) groups is 1. The van der Waals surface area contributed by atoms with Crippen LogP contribution in [-0.4, -0.2) is 12.5 Å². The van der Waals surface area contributed by atoms with Crippen molar-refractivity contribution in [3.63, 3.8) is 0 Å². The number of rotatable bonds is 5. The fourth-order valence-corrected chi connectivity index (χ4v) is 3.06. The molecule has 0 unspecified atom stereocenters. The van der Waals surface area contributed by atoms with Gasteiger partial charge in [-0.15, -0.1) is 0 Å². The van der Waals surface area contributed by atoms with Gasteiger partial charge in [0.05, 0.1) is 5.56 Å². The number of benzene rings is 1. The van der Waals surface area contributed by atoms with Crippen LogP contribution in [-0.2, 0) is 0 Å². The van der Waals surface area contributed by atoms with Crippen LogP contribution in [0.3, 0.4) is 0 Å². The topological polar surface area (TPSA) is 29.1 Å². The summed E-state index contributed by atoms with van der Waals surface area (Å²) >= 11 is 3.45. The third kappa shape index (κ3) is 3.14. The molecule has 0 heterocycles. The highest BCUT2D eigenvalue weighted by Gasteiger charge is 2.41. The lowest BCUT2D eigenvalue weighted by atomic mass is 10.0. The molecule has 1 aliphatic carbocycles. The molecule has 2 nitrogen and oxygen atoms in total. The van der Waals surface area contributed by atoms with E-state index in [1.165, 1.54) is 25.7 Å². The van der Waals surface area contributed by atoms with Crippen LogP contribution in [0.2, 0.25) is 0 Å². The Morgan fingerprint density at radius 2 is 2.17 bits per heavy atom. The van der Waals surface area contributed by atoms with Gasteiger partial charge in [-0.25, -0.2) is 0 Å². The summed E-state index contributed by atoms with van der Waals surface area (Å²) in [5.74, 6) is 0.0317.